The zero-order valence-electron chi connectivity index (χ0n) is 8.86. The van der Waals surface area contributed by atoms with E-state index in [1.807, 2.05) is 0 Å². The summed E-state index contributed by atoms with van der Waals surface area (Å²) in [6.45, 7) is 3.99. The molecule has 13 heavy (non-hydrogen) atoms. The van der Waals surface area contributed by atoms with Crippen molar-refractivity contribution in [2.24, 2.45) is 0 Å². The van der Waals surface area contributed by atoms with Crippen LogP contribution >= 0.6 is 0 Å². The molecular formula is C13H23. The van der Waals surface area contributed by atoms with E-state index in [0.29, 0.717) is 0 Å². The molecule has 0 saturated heterocycles. The Morgan fingerprint density at radius 2 is 1.54 bits per heavy atom. The van der Waals surface area contributed by atoms with Crippen molar-refractivity contribution in [2.45, 2.75) is 64.2 Å². The largest absolute Gasteiger partial charge is 0.0853 e. The van der Waals surface area contributed by atoms with Crippen molar-refractivity contribution in [3.8, 4) is 0 Å². The summed E-state index contributed by atoms with van der Waals surface area (Å²) in [4.78, 5) is 0. The van der Waals surface area contributed by atoms with Crippen LogP contribution in [0.1, 0.15) is 64.2 Å². The van der Waals surface area contributed by atoms with Crippen LogP contribution in [0.15, 0.2) is 11.6 Å². The van der Waals surface area contributed by atoms with Crippen molar-refractivity contribution >= 4 is 0 Å². The van der Waals surface area contributed by atoms with E-state index in [4.69, 9.17) is 0 Å². The third-order valence-electron chi connectivity index (χ3n) is 2.96. The zero-order chi connectivity index (χ0) is 9.36. The first-order chi connectivity index (χ1) is 6.43. The zero-order valence-corrected chi connectivity index (χ0v) is 8.86. The average molecular weight is 179 g/mol. The van der Waals surface area contributed by atoms with Crippen LogP contribution in [-0.4, -0.2) is 0 Å². The van der Waals surface area contributed by atoms with E-state index in [0.717, 1.165) is 6.42 Å². The highest BCUT2D eigenvalue weighted by Crippen LogP contribution is 2.18. The Labute approximate surface area is 83.4 Å². The molecule has 0 saturated carbocycles. The van der Waals surface area contributed by atoms with Crippen LogP contribution in [0, 0.1) is 6.92 Å². The molecule has 0 aromatic rings. The SMILES string of the molecule is [CH2]CC1=CCCCCCCCCC1. The van der Waals surface area contributed by atoms with Gasteiger partial charge in [0.05, 0.1) is 0 Å². The standard InChI is InChI=1S/C13H23/c1-2-13-11-9-7-5-3-4-6-8-10-12-13/h11H,1-10,12H2. The molecule has 0 spiro atoms. The first-order valence-electron chi connectivity index (χ1n) is 5.90. The molecule has 1 aliphatic rings. The highest BCUT2D eigenvalue weighted by Gasteiger charge is 1.98. The van der Waals surface area contributed by atoms with Gasteiger partial charge in [-0.15, -0.1) is 0 Å². The summed E-state index contributed by atoms with van der Waals surface area (Å²) < 4.78 is 0. The van der Waals surface area contributed by atoms with Gasteiger partial charge in [0.25, 0.3) is 0 Å². The van der Waals surface area contributed by atoms with Crippen molar-refractivity contribution in [3.63, 3.8) is 0 Å². The second-order valence-electron chi connectivity index (χ2n) is 4.13. The van der Waals surface area contributed by atoms with Crippen molar-refractivity contribution in [1.29, 1.82) is 0 Å². The smallest absolute Gasteiger partial charge is 0.0320 e. The first kappa shape index (κ1) is 10.8. The molecule has 0 nitrogen and oxygen atoms in total. The second kappa shape index (κ2) is 7.17. The van der Waals surface area contributed by atoms with Crippen LogP contribution in [0.3, 0.4) is 0 Å². The lowest BCUT2D eigenvalue weighted by Crippen LogP contribution is -1.83. The minimum Gasteiger partial charge on any atom is -0.0853 e. The molecule has 0 unspecified atom stereocenters. The fourth-order valence-corrected chi connectivity index (χ4v) is 2.02. The molecule has 0 aliphatic heterocycles. The number of hydrogen-bond donors (Lipinski definition) is 0. The van der Waals surface area contributed by atoms with Gasteiger partial charge < -0.3 is 0 Å². The van der Waals surface area contributed by atoms with Gasteiger partial charge in [0.2, 0.25) is 0 Å². The van der Waals surface area contributed by atoms with Crippen LogP contribution in [0.2, 0.25) is 0 Å². The molecule has 0 heterocycles. The van der Waals surface area contributed by atoms with Gasteiger partial charge in [0.1, 0.15) is 0 Å². The lowest BCUT2D eigenvalue weighted by Gasteiger charge is -2.03. The second-order valence-corrected chi connectivity index (χ2v) is 4.13. The van der Waals surface area contributed by atoms with E-state index < -0.39 is 0 Å². The highest BCUT2D eigenvalue weighted by molar-refractivity contribution is 5.02. The van der Waals surface area contributed by atoms with E-state index in [2.05, 4.69) is 13.0 Å². The quantitative estimate of drug-likeness (QED) is 0.513. The fraction of sp³-hybridized carbons (Fsp3) is 0.769. The monoisotopic (exact) mass is 179 g/mol. The van der Waals surface area contributed by atoms with E-state index in [1.165, 1.54) is 57.8 Å². The molecular weight excluding hydrogens is 156 g/mol. The molecule has 1 rings (SSSR count). The van der Waals surface area contributed by atoms with E-state index >= 15 is 0 Å². The molecule has 0 aromatic heterocycles. The average Bonchev–Trinajstić information content (AvgIpc) is 2.22. The van der Waals surface area contributed by atoms with Crippen molar-refractivity contribution in [2.75, 3.05) is 0 Å². The molecule has 1 radical (unpaired) electrons. The van der Waals surface area contributed by atoms with Crippen molar-refractivity contribution in [3.05, 3.63) is 18.6 Å². The predicted octanol–water partition coefficient (Wildman–Crippen LogP) is 4.66. The van der Waals surface area contributed by atoms with Gasteiger partial charge in [0.15, 0.2) is 0 Å². The first-order valence-corrected chi connectivity index (χ1v) is 5.90. The summed E-state index contributed by atoms with van der Waals surface area (Å²) >= 11 is 0. The Morgan fingerprint density at radius 3 is 2.23 bits per heavy atom. The summed E-state index contributed by atoms with van der Waals surface area (Å²) in [5, 5.41) is 0. The molecule has 0 N–H and O–H groups in total. The third-order valence-corrected chi connectivity index (χ3v) is 2.96. The molecule has 0 fully saturated rings. The van der Waals surface area contributed by atoms with E-state index in [1.54, 1.807) is 5.57 Å². The van der Waals surface area contributed by atoms with Gasteiger partial charge in [-0.05, 0) is 39.0 Å². The Kier molecular flexibility index (Phi) is 5.97. The number of hydrogen-bond acceptors (Lipinski definition) is 0. The molecule has 0 aromatic carbocycles. The highest BCUT2D eigenvalue weighted by atomic mass is 14.0. The number of allylic oxidation sites excluding steroid dienone is 2. The number of rotatable bonds is 1. The van der Waals surface area contributed by atoms with Crippen LogP contribution in [0.5, 0.6) is 0 Å². The van der Waals surface area contributed by atoms with Crippen LogP contribution in [0.25, 0.3) is 0 Å². The van der Waals surface area contributed by atoms with Crippen molar-refractivity contribution in [1.82, 2.24) is 0 Å². The minimum atomic E-state index is 1.03. The molecule has 0 bridgehead atoms. The lowest BCUT2D eigenvalue weighted by atomic mass is 10.0. The normalized spacial score (nSPS) is 21.8. The lowest BCUT2D eigenvalue weighted by molar-refractivity contribution is 0.587. The maximum absolute atomic E-state index is 3.99. The van der Waals surface area contributed by atoms with Gasteiger partial charge in [-0.25, -0.2) is 0 Å². The Bertz CT molecular complexity index is 144. The van der Waals surface area contributed by atoms with Gasteiger partial charge in [-0.2, -0.15) is 0 Å². The molecule has 1 aliphatic carbocycles. The topological polar surface area (TPSA) is 0 Å². The summed E-state index contributed by atoms with van der Waals surface area (Å²) in [6, 6.07) is 0. The van der Waals surface area contributed by atoms with Crippen LogP contribution in [0.4, 0.5) is 0 Å². The van der Waals surface area contributed by atoms with Gasteiger partial charge in [-0.1, -0.05) is 43.8 Å². The van der Waals surface area contributed by atoms with Crippen molar-refractivity contribution < 1.29 is 0 Å². The maximum Gasteiger partial charge on any atom is -0.0320 e. The summed E-state index contributed by atoms with van der Waals surface area (Å²) in [5.74, 6) is 0. The summed E-state index contributed by atoms with van der Waals surface area (Å²) in [6.07, 6.45) is 16.1. The van der Waals surface area contributed by atoms with E-state index in [-0.39, 0.29) is 0 Å². The Hall–Kier alpha value is -0.260. The maximum atomic E-state index is 3.99. The molecule has 0 heteroatoms. The van der Waals surface area contributed by atoms with Gasteiger partial charge in [0, 0.05) is 0 Å². The molecule has 0 atom stereocenters. The summed E-state index contributed by atoms with van der Waals surface area (Å²) in [5.41, 5.74) is 1.60. The van der Waals surface area contributed by atoms with Crippen LogP contribution < -0.4 is 0 Å². The Balaban J connectivity index is 2.31. The predicted molar refractivity (Wildman–Crippen MR) is 59.6 cm³/mol. The Morgan fingerprint density at radius 1 is 0.923 bits per heavy atom. The fourth-order valence-electron chi connectivity index (χ4n) is 2.02. The van der Waals surface area contributed by atoms with E-state index in [9.17, 15) is 0 Å². The van der Waals surface area contributed by atoms with Crippen LogP contribution in [-0.2, 0) is 0 Å². The summed E-state index contributed by atoms with van der Waals surface area (Å²) in [7, 11) is 0. The third kappa shape index (κ3) is 5.13. The molecule has 75 valence electrons. The van der Waals surface area contributed by atoms with Gasteiger partial charge in [-0.3, -0.25) is 0 Å². The minimum absolute atomic E-state index is 1.03. The molecule has 0 amide bonds. The van der Waals surface area contributed by atoms with Gasteiger partial charge >= 0.3 is 0 Å².